The van der Waals surface area contributed by atoms with Gasteiger partial charge in [0.25, 0.3) is 5.91 Å². The van der Waals surface area contributed by atoms with E-state index in [1.54, 1.807) is 6.07 Å². The fourth-order valence-corrected chi connectivity index (χ4v) is 5.35. The van der Waals surface area contributed by atoms with Crippen LogP contribution < -0.4 is 4.90 Å². The molecule has 0 aliphatic carbocycles. The van der Waals surface area contributed by atoms with Crippen molar-refractivity contribution in [2.45, 2.75) is 43.6 Å². The maximum absolute atomic E-state index is 13.7. The van der Waals surface area contributed by atoms with Gasteiger partial charge in [-0.25, -0.2) is 4.98 Å². The normalized spacial score (nSPS) is 17.6. The maximum Gasteiger partial charge on any atom is 0.416 e. The molecule has 1 N–H and O–H groups in total. The number of hydrogen-bond donors (Lipinski definition) is 1. The first-order valence-electron chi connectivity index (χ1n) is 12.7. The van der Waals surface area contributed by atoms with E-state index < -0.39 is 54.5 Å². The van der Waals surface area contributed by atoms with Crippen molar-refractivity contribution in [2.75, 3.05) is 31.2 Å². The van der Waals surface area contributed by atoms with E-state index in [1.807, 2.05) is 0 Å². The molecule has 0 unspecified atom stereocenters. The standard InChI is InChI=1S/C26H24F6N6O3/c27-25(28,29)5-4-20(39)14-37-15-38(19-3-1-2-18(11-19)26(30,31)32)24(23(37)41)6-8-36(9-7-24)22(40)17-10-16-13-34-35-21(16)33-12-17/h1-3,10-13H,4-9,14-15H2,(H,33,34,35). The molecule has 2 amide bonds. The number of fused-ring (bicyclic) bond motifs is 1. The van der Waals surface area contributed by atoms with E-state index in [0.29, 0.717) is 16.6 Å². The lowest BCUT2D eigenvalue weighted by molar-refractivity contribution is -0.145. The third kappa shape index (κ3) is 5.70. The molecule has 0 radical (unpaired) electrons. The third-order valence-electron chi connectivity index (χ3n) is 7.47. The molecule has 1 aromatic carbocycles. The van der Waals surface area contributed by atoms with Crippen LogP contribution in [0.3, 0.4) is 0 Å². The van der Waals surface area contributed by atoms with Gasteiger partial charge in [0, 0.05) is 36.8 Å². The highest BCUT2D eigenvalue weighted by atomic mass is 19.4. The van der Waals surface area contributed by atoms with Gasteiger partial charge < -0.3 is 14.7 Å². The predicted octanol–water partition coefficient (Wildman–Crippen LogP) is 4.17. The summed E-state index contributed by atoms with van der Waals surface area (Å²) in [7, 11) is 0. The Morgan fingerprint density at radius 3 is 2.44 bits per heavy atom. The van der Waals surface area contributed by atoms with Gasteiger partial charge >= 0.3 is 12.4 Å². The number of nitrogens with zero attached hydrogens (tertiary/aromatic N) is 5. The van der Waals surface area contributed by atoms with E-state index in [0.717, 1.165) is 17.0 Å². The molecule has 0 atom stereocenters. The number of hydrogen-bond acceptors (Lipinski definition) is 6. The Bertz CT molecular complexity index is 1480. The van der Waals surface area contributed by atoms with Crippen molar-refractivity contribution < 1.29 is 40.7 Å². The number of piperidine rings is 1. The summed E-state index contributed by atoms with van der Waals surface area (Å²) in [5.74, 6) is -1.75. The number of carbonyl (C=O) groups excluding carboxylic acids is 3. The Kier molecular flexibility index (Phi) is 7.15. The number of H-pyrrole nitrogens is 1. The third-order valence-corrected chi connectivity index (χ3v) is 7.47. The van der Waals surface area contributed by atoms with Crippen LogP contribution in [-0.2, 0) is 15.8 Å². The van der Waals surface area contributed by atoms with Crippen LogP contribution >= 0.6 is 0 Å². The first-order chi connectivity index (χ1) is 19.3. The second-order valence-corrected chi connectivity index (χ2v) is 10.1. The van der Waals surface area contributed by atoms with Gasteiger partial charge in [-0.1, -0.05) is 6.07 Å². The fourth-order valence-electron chi connectivity index (χ4n) is 5.35. The molecule has 2 fully saturated rings. The molecule has 0 saturated carbocycles. The van der Waals surface area contributed by atoms with Gasteiger partial charge in [-0.2, -0.15) is 31.4 Å². The minimum atomic E-state index is -4.65. The molecule has 4 heterocycles. The maximum atomic E-state index is 13.7. The molecule has 2 saturated heterocycles. The molecule has 2 aromatic heterocycles. The quantitative estimate of drug-likeness (QED) is 0.438. The van der Waals surface area contributed by atoms with Gasteiger partial charge in [0.2, 0.25) is 5.91 Å². The first kappa shape index (κ1) is 28.4. The second-order valence-electron chi connectivity index (χ2n) is 10.1. The summed E-state index contributed by atoms with van der Waals surface area (Å²) in [6.45, 7) is -0.753. The number of amides is 2. The molecule has 3 aromatic rings. The van der Waals surface area contributed by atoms with Crippen molar-refractivity contribution in [2.24, 2.45) is 0 Å². The average molecular weight is 583 g/mol. The minimum Gasteiger partial charge on any atom is -0.339 e. The summed E-state index contributed by atoms with van der Waals surface area (Å²) in [5.41, 5.74) is -1.46. The summed E-state index contributed by atoms with van der Waals surface area (Å²) in [5, 5.41) is 7.18. The predicted molar refractivity (Wildman–Crippen MR) is 133 cm³/mol. The molecular weight excluding hydrogens is 558 g/mol. The summed E-state index contributed by atoms with van der Waals surface area (Å²) in [6.07, 6.45) is -8.40. The van der Waals surface area contributed by atoms with Crippen LogP contribution in [0, 0.1) is 0 Å². The lowest BCUT2D eigenvalue weighted by atomic mass is 9.85. The molecule has 218 valence electrons. The van der Waals surface area contributed by atoms with Crippen LogP contribution in [0.25, 0.3) is 11.0 Å². The number of Topliss-reactive ketones (excluding diaryl/α,β-unsaturated/α-hetero) is 1. The monoisotopic (exact) mass is 582 g/mol. The van der Waals surface area contributed by atoms with Crippen molar-refractivity contribution in [3.05, 3.63) is 53.9 Å². The number of anilines is 1. The molecular formula is C26H24F6N6O3. The zero-order valence-corrected chi connectivity index (χ0v) is 21.4. The smallest absolute Gasteiger partial charge is 0.339 e. The highest BCUT2D eigenvalue weighted by molar-refractivity contribution is 5.99. The van der Waals surface area contributed by atoms with Crippen LogP contribution in [0.5, 0.6) is 0 Å². The lowest BCUT2D eigenvalue weighted by Crippen LogP contribution is -2.57. The van der Waals surface area contributed by atoms with Crippen LogP contribution in [0.2, 0.25) is 0 Å². The number of aromatic nitrogens is 3. The minimum absolute atomic E-state index is 0.0302. The Labute approximate surface area is 229 Å². The molecule has 15 heteroatoms. The molecule has 9 nitrogen and oxygen atoms in total. The van der Waals surface area contributed by atoms with E-state index in [4.69, 9.17) is 0 Å². The molecule has 41 heavy (non-hydrogen) atoms. The number of aromatic amines is 1. The van der Waals surface area contributed by atoms with Gasteiger partial charge in [-0.3, -0.25) is 19.5 Å². The first-order valence-corrected chi connectivity index (χ1v) is 12.7. The topological polar surface area (TPSA) is 102 Å². The number of nitrogens with one attached hydrogen (secondary N) is 1. The van der Waals surface area contributed by atoms with E-state index in [-0.39, 0.29) is 44.2 Å². The summed E-state index contributed by atoms with van der Waals surface area (Å²) in [6, 6.07) is 6.00. The number of ketones is 1. The number of rotatable bonds is 6. The number of likely N-dealkylation sites (tertiary alicyclic amines) is 1. The highest BCUT2D eigenvalue weighted by Gasteiger charge is 2.54. The summed E-state index contributed by atoms with van der Waals surface area (Å²) >= 11 is 0. The van der Waals surface area contributed by atoms with Gasteiger partial charge in [0.05, 0.1) is 37.0 Å². The van der Waals surface area contributed by atoms with E-state index in [9.17, 15) is 40.7 Å². The van der Waals surface area contributed by atoms with Crippen molar-refractivity contribution in [3.8, 4) is 0 Å². The zero-order valence-electron chi connectivity index (χ0n) is 21.4. The molecule has 2 aliphatic heterocycles. The van der Waals surface area contributed by atoms with E-state index in [2.05, 4.69) is 15.2 Å². The van der Waals surface area contributed by atoms with Crippen molar-refractivity contribution in [3.63, 3.8) is 0 Å². The molecule has 2 aliphatic rings. The summed E-state index contributed by atoms with van der Waals surface area (Å²) in [4.78, 5) is 47.5. The van der Waals surface area contributed by atoms with Gasteiger partial charge in [-0.05, 0) is 37.1 Å². The number of carbonyl (C=O) groups is 3. The molecule has 5 rings (SSSR count). The number of benzene rings is 1. The van der Waals surface area contributed by atoms with Gasteiger partial charge in [0.1, 0.15) is 5.54 Å². The SMILES string of the molecule is O=C(CCC(F)(F)F)CN1CN(c2cccc(C(F)(F)F)c2)C2(CCN(C(=O)c3cnc4[nH]ncc4c3)CC2)C1=O. The van der Waals surface area contributed by atoms with Crippen LogP contribution in [0.4, 0.5) is 32.0 Å². The highest BCUT2D eigenvalue weighted by Crippen LogP contribution is 2.41. The van der Waals surface area contributed by atoms with Gasteiger partial charge in [-0.15, -0.1) is 0 Å². The second kappa shape index (κ2) is 10.3. The van der Waals surface area contributed by atoms with Crippen LogP contribution in [0.1, 0.15) is 41.6 Å². The van der Waals surface area contributed by atoms with Crippen LogP contribution in [0.15, 0.2) is 42.7 Å². The van der Waals surface area contributed by atoms with Crippen molar-refractivity contribution >= 4 is 34.3 Å². The Hall–Kier alpha value is -4.17. The van der Waals surface area contributed by atoms with Crippen molar-refractivity contribution in [1.29, 1.82) is 0 Å². The zero-order chi connectivity index (χ0) is 29.6. The lowest BCUT2D eigenvalue weighted by Gasteiger charge is -2.43. The average Bonchev–Trinajstić information content (AvgIpc) is 3.50. The molecule has 0 bridgehead atoms. The fraction of sp³-hybridized carbons (Fsp3) is 0.423. The van der Waals surface area contributed by atoms with Crippen molar-refractivity contribution in [1.82, 2.24) is 25.0 Å². The Morgan fingerprint density at radius 2 is 1.76 bits per heavy atom. The van der Waals surface area contributed by atoms with Gasteiger partial charge in [0.15, 0.2) is 11.4 Å². The van der Waals surface area contributed by atoms with Crippen LogP contribution in [-0.4, -0.2) is 80.6 Å². The van der Waals surface area contributed by atoms with E-state index in [1.165, 1.54) is 34.3 Å². The number of alkyl halides is 6. The molecule has 1 spiro atoms. The largest absolute Gasteiger partial charge is 0.416 e. The number of halogens is 6. The Balaban J connectivity index is 1.39. The summed E-state index contributed by atoms with van der Waals surface area (Å²) < 4.78 is 78.3. The number of pyridine rings is 1. The van der Waals surface area contributed by atoms with E-state index >= 15 is 0 Å². The Morgan fingerprint density at radius 1 is 1.02 bits per heavy atom.